The number of benzene rings is 1. The van der Waals surface area contributed by atoms with Gasteiger partial charge >= 0.3 is 0 Å². The molecule has 0 atom stereocenters. The van der Waals surface area contributed by atoms with E-state index < -0.39 is 0 Å². The van der Waals surface area contributed by atoms with Gasteiger partial charge in [-0.15, -0.1) is 0 Å². The lowest BCUT2D eigenvalue weighted by molar-refractivity contribution is -0.107. The first-order chi connectivity index (χ1) is 6.36. The molecule has 68 valence electrons. The second-order valence-electron chi connectivity index (χ2n) is 2.38. The highest BCUT2D eigenvalue weighted by atomic mass is 16.6. The van der Waals surface area contributed by atoms with Gasteiger partial charge in [0.25, 0.3) is 0 Å². The van der Waals surface area contributed by atoms with E-state index in [1.807, 2.05) is 30.3 Å². The topological polar surface area (TPSA) is 38.3 Å². The molecule has 0 saturated carbocycles. The minimum absolute atomic E-state index is 0.267. The molecular weight excluding hydrogens is 166 g/mol. The van der Waals surface area contributed by atoms with Gasteiger partial charge in [-0.1, -0.05) is 18.2 Å². The zero-order chi connectivity index (χ0) is 9.52. The van der Waals surface area contributed by atoms with Gasteiger partial charge in [0.2, 0.25) is 0 Å². The highest BCUT2D eigenvalue weighted by Crippen LogP contribution is 2.06. The molecule has 3 nitrogen and oxygen atoms in total. The van der Waals surface area contributed by atoms with Gasteiger partial charge in [-0.25, -0.2) is 5.48 Å². The Labute approximate surface area is 77.0 Å². The monoisotopic (exact) mass is 177 g/mol. The van der Waals surface area contributed by atoms with Crippen LogP contribution in [0.2, 0.25) is 0 Å². The SMILES string of the molecule is CC=C(C=O)ONc1ccccc1. The van der Waals surface area contributed by atoms with Gasteiger partial charge in [0.05, 0.1) is 5.69 Å². The number of rotatable bonds is 4. The molecule has 1 N–H and O–H groups in total. The van der Waals surface area contributed by atoms with Gasteiger partial charge in [-0.3, -0.25) is 4.79 Å². The van der Waals surface area contributed by atoms with Crippen molar-refractivity contribution in [2.45, 2.75) is 6.92 Å². The molecule has 1 aromatic carbocycles. The Morgan fingerprint density at radius 3 is 2.62 bits per heavy atom. The standard InChI is InChI=1S/C10H11NO2/c1-2-10(8-12)13-11-9-6-4-3-5-7-9/h2-8,11H,1H3. The fourth-order valence-electron chi connectivity index (χ4n) is 0.775. The van der Waals surface area contributed by atoms with Gasteiger partial charge in [-0.2, -0.15) is 0 Å². The third-order valence-electron chi connectivity index (χ3n) is 1.46. The summed E-state index contributed by atoms with van der Waals surface area (Å²) in [7, 11) is 0. The second-order valence-corrected chi connectivity index (χ2v) is 2.38. The number of allylic oxidation sites excluding steroid dienone is 2. The number of carbonyl (C=O) groups is 1. The first kappa shape index (κ1) is 9.32. The predicted molar refractivity (Wildman–Crippen MR) is 51.0 cm³/mol. The first-order valence-electron chi connectivity index (χ1n) is 3.96. The Balaban J connectivity index is 2.48. The molecule has 0 spiro atoms. The lowest BCUT2D eigenvalue weighted by atomic mass is 10.3. The average molecular weight is 177 g/mol. The lowest BCUT2D eigenvalue weighted by Gasteiger charge is -2.06. The maximum absolute atomic E-state index is 10.3. The highest BCUT2D eigenvalue weighted by molar-refractivity contribution is 5.70. The minimum Gasteiger partial charge on any atom is -0.379 e. The Kier molecular flexibility index (Phi) is 3.57. The molecule has 0 heterocycles. The normalized spacial score (nSPS) is 10.7. The molecule has 0 aromatic heterocycles. The minimum atomic E-state index is 0.267. The van der Waals surface area contributed by atoms with Crippen LogP contribution < -0.4 is 5.48 Å². The van der Waals surface area contributed by atoms with Crippen LogP contribution in [0.4, 0.5) is 5.69 Å². The average Bonchev–Trinajstić information content (AvgIpc) is 2.21. The molecule has 1 aromatic rings. The third-order valence-corrected chi connectivity index (χ3v) is 1.46. The van der Waals surface area contributed by atoms with E-state index >= 15 is 0 Å². The van der Waals surface area contributed by atoms with E-state index in [0.717, 1.165) is 5.69 Å². The zero-order valence-electron chi connectivity index (χ0n) is 7.36. The van der Waals surface area contributed by atoms with Crippen LogP contribution in [0.5, 0.6) is 0 Å². The lowest BCUT2D eigenvalue weighted by Crippen LogP contribution is -2.01. The Bertz CT molecular complexity index is 293. The van der Waals surface area contributed by atoms with E-state index in [2.05, 4.69) is 5.48 Å². The van der Waals surface area contributed by atoms with E-state index in [0.29, 0.717) is 6.29 Å². The van der Waals surface area contributed by atoms with Crippen LogP contribution in [0.1, 0.15) is 6.92 Å². The molecule has 0 amide bonds. The molecule has 0 bridgehead atoms. The Morgan fingerprint density at radius 2 is 2.08 bits per heavy atom. The van der Waals surface area contributed by atoms with Crippen molar-refractivity contribution >= 4 is 12.0 Å². The van der Waals surface area contributed by atoms with Crippen LogP contribution in [0, 0.1) is 0 Å². The molecule has 3 heteroatoms. The van der Waals surface area contributed by atoms with Crippen molar-refractivity contribution in [2.75, 3.05) is 5.48 Å². The Morgan fingerprint density at radius 1 is 1.38 bits per heavy atom. The van der Waals surface area contributed by atoms with Crippen LogP contribution >= 0.6 is 0 Å². The van der Waals surface area contributed by atoms with E-state index in [1.54, 1.807) is 13.0 Å². The summed E-state index contributed by atoms with van der Waals surface area (Å²) < 4.78 is 0. The summed E-state index contributed by atoms with van der Waals surface area (Å²) in [6.07, 6.45) is 2.24. The summed E-state index contributed by atoms with van der Waals surface area (Å²) in [5, 5.41) is 0. The van der Waals surface area contributed by atoms with Gasteiger partial charge in [0.15, 0.2) is 12.0 Å². The maximum atomic E-state index is 10.3. The van der Waals surface area contributed by atoms with Crippen LogP contribution in [0.25, 0.3) is 0 Å². The summed E-state index contributed by atoms with van der Waals surface area (Å²) in [4.78, 5) is 15.3. The van der Waals surface area contributed by atoms with Crippen molar-refractivity contribution in [2.24, 2.45) is 0 Å². The van der Waals surface area contributed by atoms with E-state index in [-0.39, 0.29) is 5.76 Å². The van der Waals surface area contributed by atoms with Gasteiger partial charge < -0.3 is 4.84 Å². The molecule has 1 rings (SSSR count). The fraction of sp³-hybridized carbons (Fsp3) is 0.100. The van der Waals surface area contributed by atoms with Crippen molar-refractivity contribution in [3.63, 3.8) is 0 Å². The van der Waals surface area contributed by atoms with E-state index in [9.17, 15) is 4.79 Å². The number of anilines is 1. The summed E-state index contributed by atoms with van der Waals surface area (Å²) in [6, 6.07) is 9.35. The van der Waals surface area contributed by atoms with Crippen molar-refractivity contribution in [1.29, 1.82) is 0 Å². The number of carbonyl (C=O) groups excluding carboxylic acids is 1. The molecule has 0 aliphatic carbocycles. The summed E-state index contributed by atoms with van der Waals surface area (Å²) in [5.74, 6) is 0.267. The molecular formula is C10H11NO2. The Hall–Kier alpha value is -1.77. The van der Waals surface area contributed by atoms with Crippen LogP contribution in [-0.2, 0) is 9.63 Å². The molecule has 0 radical (unpaired) electrons. The third kappa shape index (κ3) is 2.99. The molecule has 0 aliphatic heterocycles. The molecule has 0 saturated heterocycles. The summed E-state index contributed by atoms with van der Waals surface area (Å²) >= 11 is 0. The predicted octanol–water partition coefficient (Wildman–Crippen LogP) is 2.13. The number of aldehydes is 1. The van der Waals surface area contributed by atoms with Gasteiger partial charge in [0.1, 0.15) is 0 Å². The van der Waals surface area contributed by atoms with Crippen LogP contribution in [-0.4, -0.2) is 6.29 Å². The van der Waals surface area contributed by atoms with Gasteiger partial charge in [0, 0.05) is 0 Å². The van der Waals surface area contributed by atoms with Crippen molar-refractivity contribution < 1.29 is 9.63 Å². The molecule has 13 heavy (non-hydrogen) atoms. The largest absolute Gasteiger partial charge is 0.379 e. The maximum Gasteiger partial charge on any atom is 0.190 e. The number of hydrogen-bond donors (Lipinski definition) is 1. The van der Waals surface area contributed by atoms with Crippen molar-refractivity contribution in [3.05, 3.63) is 42.2 Å². The van der Waals surface area contributed by atoms with E-state index in [1.165, 1.54) is 0 Å². The number of para-hydroxylation sites is 1. The van der Waals surface area contributed by atoms with Crippen molar-refractivity contribution in [3.8, 4) is 0 Å². The second kappa shape index (κ2) is 4.98. The summed E-state index contributed by atoms with van der Waals surface area (Å²) in [5.41, 5.74) is 3.46. The van der Waals surface area contributed by atoms with Crippen LogP contribution in [0.3, 0.4) is 0 Å². The zero-order valence-corrected chi connectivity index (χ0v) is 7.36. The smallest absolute Gasteiger partial charge is 0.190 e. The number of hydrogen-bond acceptors (Lipinski definition) is 3. The molecule has 0 unspecified atom stereocenters. The van der Waals surface area contributed by atoms with Crippen molar-refractivity contribution in [1.82, 2.24) is 0 Å². The molecule has 0 aliphatic rings. The first-order valence-corrected chi connectivity index (χ1v) is 3.96. The highest BCUT2D eigenvalue weighted by Gasteiger charge is 1.93. The quantitative estimate of drug-likeness (QED) is 0.331. The molecule has 0 fully saturated rings. The summed E-state index contributed by atoms with van der Waals surface area (Å²) in [6.45, 7) is 1.73. The van der Waals surface area contributed by atoms with Gasteiger partial charge in [-0.05, 0) is 25.1 Å². The number of nitrogens with one attached hydrogen (secondary N) is 1. The van der Waals surface area contributed by atoms with E-state index in [4.69, 9.17) is 4.84 Å². The van der Waals surface area contributed by atoms with Crippen LogP contribution in [0.15, 0.2) is 42.2 Å². The fourth-order valence-corrected chi connectivity index (χ4v) is 0.775.